The van der Waals surface area contributed by atoms with E-state index < -0.39 is 5.54 Å². The van der Waals surface area contributed by atoms with Crippen LogP contribution in [0.1, 0.15) is 36.7 Å². The minimum absolute atomic E-state index is 0.226. The van der Waals surface area contributed by atoms with Gasteiger partial charge in [0.2, 0.25) is 0 Å². The Morgan fingerprint density at radius 1 is 1.30 bits per heavy atom. The molecule has 1 aromatic heterocycles. The van der Waals surface area contributed by atoms with Crippen molar-refractivity contribution in [1.82, 2.24) is 10.1 Å². The zero-order valence-corrected chi connectivity index (χ0v) is 13.6. The van der Waals surface area contributed by atoms with Crippen molar-refractivity contribution in [3.05, 3.63) is 39.4 Å². The van der Waals surface area contributed by atoms with Crippen LogP contribution in [0.4, 0.5) is 0 Å². The molecule has 0 atom stereocenters. The van der Waals surface area contributed by atoms with E-state index in [9.17, 15) is 0 Å². The summed E-state index contributed by atoms with van der Waals surface area (Å²) in [5.41, 5.74) is 7.52. The first-order valence-electron chi connectivity index (χ1n) is 6.29. The maximum Gasteiger partial charge on any atom is 0.264 e. The van der Waals surface area contributed by atoms with Crippen molar-refractivity contribution in [1.29, 1.82) is 0 Å². The maximum absolute atomic E-state index is 5.90. The molecule has 2 aromatic rings. The van der Waals surface area contributed by atoms with Crippen LogP contribution >= 0.6 is 15.9 Å². The molecule has 0 aliphatic heterocycles. The van der Waals surface area contributed by atoms with Crippen LogP contribution in [-0.4, -0.2) is 10.1 Å². The molecular formula is C14H18BrN3O2. The summed E-state index contributed by atoms with van der Waals surface area (Å²) in [4.78, 5) is 4.22. The molecule has 0 aliphatic carbocycles. The summed E-state index contributed by atoms with van der Waals surface area (Å²) in [5, 5.41) is 3.85. The average molecular weight is 340 g/mol. The Kier molecular flexibility index (Phi) is 4.15. The van der Waals surface area contributed by atoms with E-state index in [0.717, 1.165) is 21.3 Å². The third-order valence-electron chi connectivity index (χ3n) is 2.82. The van der Waals surface area contributed by atoms with Gasteiger partial charge < -0.3 is 15.0 Å². The Hall–Kier alpha value is -1.40. The monoisotopic (exact) mass is 339 g/mol. The van der Waals surface area contributed by atoms with Crippen LogP contribution in [0.2, 0.25) is 0 Å². The van der Waals surface area contributed by atoms with Gasteiger partial charge in [0.25, 0.3) is 5.89 Å². The van der Waals surface area contributed by atoms with Crippen LogP contribution in [0.5, 0.6) is 5.75 Å². The van der Waals surface area contributed by atoms with Crippen LogP contribution in [-0.2, 0) is 12.1 Å². The molecule has 0 saturated carbocycles. The van der Waals surface area contributed by atoms with Crippen molar-refractivity contribution in [3.8, 4) is 5.75 Å². The summed E-state index contributed by atoms with van der Waals surface area (Å²) in [5.74, 6) is 1.66. The van der Waals surface area contributed by atoms with E-state index in [1.165, 1.54) is 0 Å². The van der Waals surface area contributed by atoms with E-state index in [-0.39, 0.29) is 6.61 Å². The van der Waals surface area contributed by atoms with Gasteiger partial charge in [-0.05, 0) is 51.0 Å². The fraction of sp³-hybridized carbons (Fsp3) is 0.429. The number of nitrogens with two attached hydrogens (primary N) is 1. The minimum atomic E-state index is -0.619. The highest BCUT2D eigenvalue weighted by Crippen LogP contribution is 2.26. The number of benzene rings is 1. The number of aromatic nitrogens is 2. The Bertz CT molecular complexity index is 594. The van der Waals surface area contributed by atoms with Crippen molar-refractivity contribution in [2.75, 3.05) is 0 Å². The van der Waals surface area contributed by atoms with Crippen LogP contribution < -0.4 is 10.5 Å². The molecule has 0 radical (unpaired) electrons. The van der Waals surface area contributed by atoms with Gasteiger partial charge in [0, 0.05) is 4.47 Å². The summed E-state index contributed by atoms with van der Waals surface area (Å²) in [6, 6.07) is 3.92. The quantitative estimate of drug-likeness (QED) is 0.925. The van der Waals surface area contributed by atoms with Crippen LogP contribution in [0, 0.1) is 13.8 Å². The minimum Gasteiger partial charge on any atom is -0.484 e. The number of ether oxygens (including phenoxy) is 1. The van der Waals surface area contributed by atoms with Gasteiger partial charge in [-0.2, -0.15) is 4.98 Å². The van der Waals surface area contributed by atoms with Crippen molar-refractivity contribution in [2.24, 2.45) is 5.73 Å². The number of hydrogen-bond acceptors (Lipinski definition) is 5. The second-order valence-electron chi connectivity index (χ2n) is 5.39. The fourth-order valence-corrected chi connectivity index (χ4v) is 1.94. The molecule has 20 heavy (non-hydrogen) atoms. The highest BCUT2D eigenvalue weighted by Gasteiger charge is 2.21. The topological polar surface area (TPSA) is 74.2 Å². The summed E-state index contributed by atoms with van der Waals surface area (Å²) >= 11 is 3.52. The molecule has 0 amide bonds. The van der Waals surface area contributed by atoms with Gasteiger partial charge in [-0.3, -0.25) is 0 Å². The van der Waals surface area contributed by atoms with E-state index in [0.29, 0.717) is 11.7 Å². The molecule has 1 aromatic carbocycles. The lowest BCUT2D eigenvalue weighted by atomic mass is 10.1. The summed E-state index contributed by atoms with van der Waals surface area (Å²) < 4.78 is 11.9. The Morgan fingerprint density at radius 2 is 1.90 bits per heavy atom. The molecule has 1 heterocycles. The molecular weight excluding hydrogens is 322 g/mol. The van der Waals surface area contributed by atoms with E-state index in [2.05, 4.69) is 26.1 Å². The van der Waals surface area contributed by atoms with Gasteiger partial charge in [-0.1, -0.05) is 21.1 Å². The molecule has 5 nitrogen and oxygen atoms in total. The zero-order chi connectivity index (χ0) is 14.9. The predicted octanol–water partition coefficient (Wildman–Crippen LogP) is 3.22. The number of aryl methyl sites for hydroxylation is 2. The first-order chi connectivity index (χ1) is 9.27. The zero-order valence-electron chi connectivity index (χ0n) is 12.0. The van der Waals surface area contributed by atoms with Gasteiger partial charge in [-0.25, -0.2) is 0 Å². The van der Waals surface area contributed by atoms with Crippen LogP contribution in [0.15, 0.2) is 21.1 Å². The van der Waals surface area contributed by atoms with Gasteiger partial charge in [0.05, 0.1) is 5.54 Å². The summed E-state index contributed by atoms with van der Waals surface area (Å²) in [6.07, 6.45) is 0. The van der Waals surface area contributed by atoms with Gasteiger partial charge in [0.1, 0.15) is 5.75 Å². The molecule has 0 bridgehead atoms. The average Bonchev–Trinajstić information content (AvgIpc) is 2.82. The highest BCUT2D eigenvalue weighted by atomic mass is 79.9. The summed E-state index contributed by atoms with van der Waals surface area (Å²) in [7, 11) is 0. The van der Waals surface area contributed by atoms with Crippen molar-refractivity contribution >= 4 is 15.9 Å². The number of hydrogen-bond donors (Lipinski definition) is 1. The molecule has 108 valence electrons. The van der Waals surface area contributed by atoms with E-state index in [4.69, 9.17) is 15.0 Å². The second-order valence-corrected chi connectivity index (χ2v) is 6.19. The molecule has 0 saturated heterocycles. The fourth-order valence-electron chi connectivity index (χ4n) is 1.71. The first kappa shape index (κ1) is 15.0. The van der Waals surface area contributed by atoms with Crippen LogP contribution in [0.3, 0.4) is 0 Å². The van der Waals surface area contributed by atoms with E-state index in [1.54, 1.807) is 0 Å². The van der Waals surface area contributed by atoms with Crippen molar-refractivity contribution in [2.45, 2.75) is 39.8 Å². The predicted molar refractivity (Wildman–Crippen MR) is 79.5 cm³/mol. The molecule has 0 unspecified atom stereocenters. The molecule has 0 fully saturated rings. The maximum atomic E-state index is 5.90. The highest BCUT2D eigenvalue weighted by molar-refractivity contribution is 9.10. The van der Waals surface area contributed by atoms with E-state index >= 15 is 0 Å². The van der Waals surface area contributed by atoms with Crippen molar-refractivity contribution < 1.29 is 9.26 Å². The normalized spacial score (nSPS) is 11.7. The van der Waals surface area contributed by atoms with E-state index in [1.807, 2.05) is 39.8 Å². The number of nitrogens with zero attached hydrogens (tertiary/aromatic N) is 2. The largest absolute Gasteiger partial charge is 0.484 e. The molecule has 6 heteroatoms. The van der Waals surface area contributed by atoms with Crippen molar-refractivity contribution in [3.63, 3.8) is 0 Å². The molecule has 0 aliphatic rings. The van der Waals surface area contributed by atoms with Gasteiger partial charge in [-0.15, -0.1) is 0 Å². The third kappa shape index (κ3) is 3.37. The molecule has 2 rings (SSSR count). The third-order valence-corrected chi connectivity index (χ3v) is 4.07. The first-order valence-corrected chi connectivity index (χ1v) is 7.08. The standard InChI is InChI=1S/C14H18BrN3O2/c1-8-5-10(6-9(2)12(8)15)19-7-11-17-13(18-20-11)14(3,4)16/h5-6H,7,16H2,1-4H3. The smallest absolute Gasteiger partial charge is 0.264 e. The lowest BCUT2D eigenvalue weighted by Gasteiger charge is -2.11. The number of halogens is 1. The Balaban J connectivity index is 2.08. The summed E-state index contributed by atoms with van der Waals surface area (Å²) in [6.45, 7) is 7.91. The van der Waals surface area contributed by atoms with Gasteiger partial charge in [0.15, 0.2) is 12.4 Å². The lowest BCUT2D eigenvalue weighted by molar-refractivity contribution is 0.241. The SMILES string of the molecule is Cc1cc(OCc2nc(C(C)(C)N)no2)cc(C)c1Br. The molecule has 0 spiro atoms. The molecule has 2 N–H and O–H groups in total. The Labute approximate surface area is 126 Å². The van der Waals surface area contributed by atoms with Crippen LogP contribution in [0.25, 0.3) is 0 Å². The second kappa shape index (κ2) is 5.54. The number of rotatable bonds is 4. The van der Waals surface area contributed by atoms with Gasteiger partial charge >= 0.3 is 0 Å². The lowest BCUT2D eigenvalue weighted by Crippen LogP contribution is -2.30. The Morgan fingerprint density at radius 3 is 2.40 bits per heavy atom.